The second-order valence-electron chi connectivity index (χ2n) is 7.36. The number of esters is 1. The Balaban J connectivity index is 1.79. The number of carbonyl (C=O) groups is 2. The molecule has 0 saturated heterocycles. The first-order chi connectivity index (χ1) is 15.3. The highest BCUT2D eigenvalue weighted by molar-refractivity contribution is 7.80. The van der Waals surface area contributed by atoms with Gasteiger partial charge in [-0.25, -0.2) is 9.59 Å². The first-order valence-corrected chi connectivity index (χ1v) is 11.0. The van der Waals surface area contributed by atoms with Crippen LogP contribution in [-0.4, -0.2) is 35.2 Å². The number of aryl methyl sites for hydroxylation is 1. The summed E-state index contributed by atoms with van der Waals surface area (Å²) >= 11 is 5.50. The van der Waals surface area contributed by atoms with Gasteiger partial charge in [0.05, 0.1) is 18.2 Å². The lowest BCUT2D eigenvalue weighted by Crippen LogP contribution is -2.47. The van der Waals surface area contributed by atoms with Crippen LogP contribution in [0.15, 0.2) is 59.8 Å². The van der Waals surface area contributed by atoms with Crippen molar-refractivity contribution in [1.82, 2.24) is 10.2 Å². The maximum atomic E-state index is 12.7. The first-order valence-electron chi connectivity index (χ1n) is 10.5. The molecule has 0 unspecified atom stereocenters. The van der Waals surface area contributed by atoms with Gasteiger partial charge in [0.1, 0.15) is 0 Å². The van der Waals surface area contributed by atoms with Crippen molar-refractivity contribution in [2.75, 3.05) is 23.8 Å². The topological polar surface area (TPSA) is 82.7 Å². The number of nitrogens with one attached hydrogen (secondary N) is 3. The van der Waals surface area contributed by atoms with Crippen LogP contribution in [0, 0.1) is 6.92 Å². The molecule has 0 radical (unpaired) electrons. The summed E-state index contributed by atoms with van der Waals surface area (Å²) in [7, 11) is 0. The van der Waals surface area contributed by atoms with E-state index in [1.165, 1.54) is 0 Å². The van der Waals surface area contributed by atoms with Crippen molar-refractivity contribution in [3.63, 3.8) is 0 Å². The second kappa shape index (κ2) is 10.3. The molecule has 3 rings (SSSR count). The number of thiocarbonyl (C=S) groups is 1. The van der Waals surface area contributed by atoms with Crippen LogP contribution in [0.25, 0.3) is 0 Å². The molecule has 3 N–H and O–H groups in total. The molecular formula is C24H28N4O3S. The number of urea groups is 1. The second-order valence-corrected chi connectivity index (χ2v) is 7.75. The summed E-state index contributed by atoms with van der Waals surface area (Å²) in [6.45, 7) is 8.50. The lowest BCUT2D eigenvalue weighted by atomic mass is 9.95. The van der Waals surface area contributed by atoms with Crippen LogP contribution in [0.3, 0.4) is 0 Å². The Morgan fingerprint density at radius 3 is 2.38 bits per heavy atom. The molecule has 8 heteroatoms. The SMILES string of the molecule is CCOC(=O)C1=C(C)N(CC)C(=S)N[C@H]1c1ccc(NC(=O)Nc2ccccc2C)cc1. The fourth-order valence-electron chi connectivity index (χ4n) is 3.64. The van der Waals surface area contributed by atoms with E-state index in [-0.39, 0.29) is 18.6 Å². The van der Waals surface area contributed by atoms with Gasteiger partial charge in [0, 0.05) is 23.6 Å². The minimum Gasteiger partial charge on any atom is -0.463 e. The molecule has 1 aliphatic rings. The summed E-state index contributed by atoms with van der Waals surface area (Å²) in [4.78, 5) is 27.0. The average Bonchev–Trinajstić information content (AvgIpc) is 2.76. The van der Waals surface area contributed by atoms with Crippen molar-refractivity contribution < 1.29 is 14.3 Å². The summed E-state index contributed by atoms with van der Waals surface area (Å²) in [5, 5.41) is 9.48. The van der Waals surface area contributed by atoms with Crippen LogP contribution >= 0.6 is 12.2 Å². The van der Waals surface area contributed by atoms with E-state index >= 15 is 0 Å². The number of para-hydroxylation sites is 1. The lowest BCUT2D eigenvalue weighted by molar-refractivity contribution is -0.139. The number of benzene rings is 2. The number of nitrogens with zero attached hydrogens (tertiary/aromatic N) is 1. The van der Waals surface area contributed by atoms with Crippen molar-refractivity contribution in [2.45, 2.75) is 33.7 Å². The molecule has 168 valence electrons. The van der Waals surface area contributed by atoms with E-state index in [9.17, 15) is 9.59 Å². The van der Waals surface area contributed by atoms with Gasteiger partial charge in [0.2, 0.25) is 0 Å². The lowest BCUT2D eigenvalue weighted by Gasteiger charge is -2.37. The molecule has 2 aromatic rings. The van der Waals surface area contributed by atoms with Crippen molar-refractivity contribution in [3.05, 3.63) is 70.9 Å². The molecular weight excluding hydrogens is 424 g/mol. The third kappa shape index (κ3) is 5.08. The molecule has 1 aliphatic heterocycles. The first kappa shape index (κ1) is 23.3. The molecule has 0 aliphatic carbocycles. The zero-order valence-electron chi connectivity index (χ0n) is 18.7. The summed E-state index contributed by atoms with van der Waals surface area (Å²) in [5.74, 6) is -0.372. The molecule has 0 aromatic heterocycles. The molecule has 1 atom stereocenters. The fourth-order valence-corrected chi connectivity index (χ4v) is 4.03. The van der Waals surface area contributed by atoms with Crippen LogP contribution in [-0.2, 0) is 9.53 Å². The number of ether oxygens (including phenoxy) is 1. The smallest absolute Gasteiger partial charge is 0.338 e. The van der Waals surface area contributed by atoms with Crippen molar-refractivity contribution >= 4 is 40.7 Å². The average molecular weight is 453 g/mol. The maximum absolute atomic E-state index is 12.7. The molecule has 32 heavy (non-hydrogen) atoms. The summed E-state index contributed by atoms with van der Waals surface area (Å²) in [6, 6.07) is 14.1. The highest BCUT2D eigenvalue weighted by Crippen LogP contribution is 2.32. The van der Waals surface area contributed by atoms with Gasteiger partial charge in [-0.05, 0) is 69.2 Å². The van der Waals surface area contributed by atoms with Gasteiger partial charge in [0.25, 0.3) is 0 Å². The van der Waals surface area contributed by atoms with Gasteiger partial charge in [-0.2, -0.15) is 0 Å². The van der Waals surface area contributed by atoms with Gasteiger partial charge < -0.3 is 25.6 Å². The van der Waals surface area contributed by atoms with Crippen LogP contribution in [0.4, 0.5) is 16.2 Å². The van der Waals surface area contributed by atoms with Crippen LogP contribution in [0.5, 0.6) is 0 Å². The third-order valence-electron chi connectivity index (χ3n) is 5.30. The van der Waals surface area contributed by atoms with Crippen molar-refractivity contribution in [2.24, 2.45) is 0 Å². The Kier molecular flexibility index (Phi) is 7.48. The molecule has 1 heterocycles. The molecule has 0 saturated carbocycles. The fraction of sp³-hybridized carbons (Fsp3) is 0.292. The van der Waals surface area contributed by atoms with Gasteiger partial charge in [-0.15, -0.1) is 0 Å². The molecule has 0 spiro atoms. The number of allylic oxidation sites excluding steroid dienone is 1. The van der Waals surface area contributed by atoms with Gasteiger partial charge in [-0.3, -0.25) is 0 Å². The predicted octanol–water partition coefficient (Wildman–Crippen LogP) is 4.73. The number of carbonyl (C=O) groups excluding carboxylic acids is 2. The van der Waals surface area contributed by atoms with E-state index in [0.29, 0.717) is 22.9 Å². The van der Waals surface area contributed by atoms with Gasteiger partial charge >= 0.3 is 12.0 Å². The molecule has 2 amide bonds. The highest BCUT2D eigenvalue weighted by Gasteiger charge is 2.34. The summed E-state index contributed by atoms with van der Waals surface area (Å²) < 4.78 is 5.30. The Morgan fingerprint density at radius 1 is 1.06 bits per heavy atom. The third-order valence-corrected chi connectivity index (χ3v) is 5.64. The quantitative estimate of drug-likeness (QED) is 0.434. The van der Waals surface area contributed by atoms with E-state index in [0.717, 1.165) is 22.5 Å². The van der Waals surface area contributed by atoms with Crippen molar-refractivity contribution in [3.8, 4) is 0 Å². The van der Waals surface area contributed by atoms with Gasteiger partial charge in [0.15, 0.2) is 5.11 Å². The van der Waals surface area contributed by atoms with E-state index in [1.54, 1.807) is 19.1 Å². The summed E-state index contributed by atoms with van der Waals surface area (Å²) in [5.41, 5.74) is 4.51. The predicted molar refractivity (Wildman–Crippen MR) is 130 cm³/mol. The Labute approximate surface area is 193 Å². The van der Waals surface area contributed by atoms with E-state index in [1.807, 2.05) is 62.1 Å². The molecule has 7 nitrogen and oxygen atoms in total. The standard InChI is InChI=1S/C24H28N4O3S/c1-5-28-16(4)20(22(29)31-6-2)21(27-24(28)32)17-11-13-18(14-12-17)25-23(30)26-19-10-8-7-9-15(19)3/h7-14,21H,5-6H2,1-4H3,(H,27,32)(H2,25,26,30)/t21-/m0/s1. The minimum atomic E-state index is -0.431. The maximum Gasteiger partial charge on any atom is 0.338 e. The minimum absolute atomic E-state index is 0.289. The monoisotopic (exact) mass is 452 g/mol. The molecule has 2 aromatic carbocycles. The van der Waals surface area contributed by atoms with Crippen LogP contribution < -0.4 is 16.0 Å². The number of hydrogen-bond donors (Lipinski definition) is 3. The van der Waals surface area contributed by atoms with E-state index in [4.69, 9.17) is 17.0 Å². The Morgan fingerprint density at radius 2 is 1.75 bits per heavy atom. The van der Waals surface area contributed by atoms with E-state index in [2.05, 4.69) is 16.0 Å². The van der Waals surface area contributed by atoms with Crippen LogP contribution in [0.2, 0.25) is 0 Å². The normalized spacial score (nSPS) is 15.8. The Hall–Kier alpha value is -3.39. The summed E-state index contributed by atoms with van der Waals surface area (Å²) in [6.07, 6.45) is 0. The number of rotatable bonds is 6. The van der Waals surface area contributed by atoms with Crippen molar-refractivity contribution in [1.29, 1.82) is 0 Å². The van der Waals surface area contributed by atoms with E-state index < -0.39 is 6.04 Å². The largest absolute Gasteiger partial charge is 0.463 e. The highest BCUT2D eigenvalue weighted by atomic mass is 32.1. The van der Waals surface area contributed by atoms with Crippen LogP contribution in [0.1, 0.15) is 37.9 Å². The number of hydrogen-bond acceptors (Lipinski definition) is 4. The Bertz CT molecular complexity index is 1050. The molecule has 0 fully saturated rings. The zero-order valence-corrected chi connectivity index (χ0v) is 19.5. The zero-order chi connectivity index (χ0) is 23.3. The number of amides is 2. The number of anilines is 2. The molecule has 0 bridgehead atoms. The van der Waals surface area contributed by atoms with Gasteiger partial charge in [-0.1, -0.05) is 30.3 Å².